The van der Waals surface area contributed by atoms with E-state index in [2.05, 4.69) is 6.92 Å². The predicted molar refractivity (Wildman–Crippen MR) is 81.4 cm³/mol. The molecule has 0 spiro atoms. The van der Waals surface area contributed by atoms with Crippen LogP contribution in [0, 0.1) is 5.92 Å². The van der Waals surface area contributed by atoms with Crippen LogP contribution in [0.5, 0.6) is 0 Å². The fourth-order valence-electron chi connectivity index (χ4n) is 2.70. The Bertz CT molecular complexity index is 532. The zero-order chi connectivity index (χ0) is 14.8. The van der Waals surface area contributed by atoms with Crippen molar-refractivity contribution >= 4 is 21.6 Å². The Kier molecular flexibility index (Phi) is 5.15. The smallest absolute Gasteiger partial charge is 0.244 e. The molecule has 20 heavy (non-hydrogen) atoms. The quantitative estimate of drug-likeness (QED) is 0.801. The molecule has 1 aromatic rings. The van der Waals surface area contributed by atoms with Crippen molar-refractivity contribution in [3.8, 4) is 0 Å². The maximum absolute atomic E-state index is 12.7. The van der Waals surface area contributed by atoms with Crippen LogP contribution in [-0.4, -0.2) is 30.4 Å². The fourth-order valence-corrected chi connectivity index (χ4v) is 4.49. The number of halogens is 1. The second kappa shape index (κ2) is 6.50. The highest BCUT2D eigenvalue weighted by Crippen LogP contribution is 2.24. The molecule has 1 saturated heterocycles. The molecule has 0 N–H and O–H groups in total. The molecule has 1 aliphatic heterocycles. The van der Waals surface area contributed by atoms with Crippen LogP contribution in [0.3, 0.4) is 0 Å². The van der Waals surface area contributed by atoms with Gasteiger partial charge in [0.2, 0.25) is 10.0 Å². The lowest BCUT2D eigenvalue weighted by molar-refractivity contribution is 0.416. The summed E-state index contributed by atoms with van der Waals surface area (Å²) in [6.45, 7) is 6.15. The van der Waals surface area contributed by atoms with Crippen LogP contribution in [0.4, 0.5) is 0 Å². The van der Waals surface area contributed by atoms with Crippen molar-refractivity contribution in [2.24, 2.45) is 5.92 Å². The number of aryl methyl sites for hydroxylation is 1. The van der Waals surface area contributed by atoms with E-state index in [0.29, 0.717) is 29.8 Å². The number of hydrogen-bond donors (Lipinski definition) is 0. The lowest BCUT2D eigenvalue weighted by Crippen LogP contribution is -2.31. The number of sulfonamides is 1. The van der Waals surface area contributed by atoms with E-state index >= 15 is 0 Å². The first-order valence-electron chi connectivity index (χ1n) is 7.24. The minimum atomic E-state index is -3.38. The van der Waals surface area contributed by atoms with Crippen molar-refractivity contribution in [2.45, 2.75) is 50.4 Å². The van der Waals surface area contributed by atoms with Gasteiger partial charge in [-0.05, 0) is 38.2 Å². The molecule has 0 amide bonds. The van der Waals surface area contributed by atoms with E-state index in [4.69, 9.17) is 11.6 Å². The van der Waals surface area contributed by atoms with Gasteiger partial charge in [-0.15, -0.1) is 11.6 Å². The molecule has 114 valence electrons. The van der Waals surface area contributed by atoms with Crippen molar-refractivity contribution in [2.75, 3.05) is 13.1 Å². The third kappa shape index (κ3) is 3.21. The molecule has 2 heterocycles. The monoisotopic (exact) mass is 318 g/mol. The molecule has 0 aromatic carbocycles. The topological polar surface area (TPSA) is 42.3 Å². The molecule has 0 aliphatic carbocycles. The molecule has 1 unspecified atom stereocenters. The van der Waals surface area contributed by atoms with E-state index in [1.807, 2.05) is 11.5 Å². The van der Waals surface area contributed by atoms with Gasteiger partial charge in [0, 0.05) is 31.5 Å². The maximum atomic E-state index is 12.7. The summed E-state index contributed by atoms with van der Waals surface area (Å²) in [5.41, 5.74) is 0.857. The van der Waals surface area contributed by atoms with Crippen LogP contribution in [0.25, 0.3) is 0 Å². The van der Waals surface area contributed by atoms with E-state index in [1.165, 1.54) is 0 Å². The summed E-state index contributed by atoms with van der Waals surface area (Å²) in [5, 5.41) is 0. The van der Waals surface area contributed by atoms with Crippen molar-refractivity contribution in [1.82, 2.24) is 8.87 Å². The summed E-state index contributed by atoms with van der Waals surface area (Å²) in [6.07, 6.45) is 4.70. The first-order valence-corrected chi connectivity index (χ1v) is 9.21. The Labute approximate surface area is 126 Å². The normalized spacial score (nSPS) is 21.9. The number of nitrogens with zero attached hydrogens (tertiary/aromatic N) is 2. The van der Waals surface area contributed by atoms with Crippen molar-refractivity contribution < 1.29 is 8.42 Å². The van der Waals surface area contributed by atoms with E-state index in [-0.39, 0.29) is 0 Å². The Hall–Kier alpha value is -0.520. The Morgan fingerprint density at radius 2 is 2.10 bits per heavy atom. The molecule has 1 atom stereocenters. The fraction of sp³-hybridized carbons (Fsp3) is 0.714. The third-order valence-corrected chi connectivity index (χ3v) is 6.19. The largest absolute Gasteiger partial charge is 0.349 e. The predicted octanol–water partition coefficient (Wildman–Crippen LogP) is 3.06. The van der Waals surface area contributed by atoms with Crippen molar-refractivity contribution in [3.05, 3.63) is 18.0 Å². The number of hydrogen-bond acceptors (Lipinski definition) is 2. The number of alkyl halides is 1. The summed E-state index contributed by atoms with van der Waals surface area (Å²) >= 11 is 5.88. The first-order chi connectivity index (χ1) is 9.48. The minimum absolute atomic E-state index is 0.334. The summed E-state index contributed by atoms with van der Waals surface area (Å²) in [7, 11) is -3.38. The van der Waals surface area contributed by atoms with Crippen LogP contribution >= 0.6 is 11.6 Å². The molecule has 6 heteroatoms. The van der Waals surface area contributed by atoms with Gasteiger partial charge in [-0.2, -0.15) is 4.31 Å². The molecule has 0 saturated carbocycles. The second-order valence-electron chi connectivity index (χ2n) is 5.53. The van der Waals surface area contributed by atoms with Gasteiger partial charge in [-0.3, -0.25) is 0 Å². The molecule has 1 fully saturated rings. The molecule has 0 radical (unpaired) electrons. The van der Waals surface area contributed by atoms with Gasteiger partial charge in [-0.25, -0.2) is 8.42 Å². The van der Waals surface area contributed by atoms with E-state index in [9.17, 15) is 8.42 Å². The highest BCUT2D eigenvalue weighted by atomic mass is 35.5. The molecule has 1 aliphatic rings. The minimum Gasteiger partial charge on any atom is -0.349 e. The molecule has 0 bridgehead atoms. The van der Waals surface area contributed by atoms with E-state index < -0.39 is 10.0 Å². The van der Waals surface area contributed by atoms with E-state index in [1.54, 1.807) is 16.6 Å². The van der Waals surface area contributed by atoms with Crippen LogP contribution < -0.4 is 0 Å². The molecular weight excluding hydrogens is 296 g/mol. The summed E-state index contributed by atoms with van der Waals surface area (Å²) in [4.78, 5) is 0.379. The Morgan fingerprint density at radius 1 is 1.35 bits per heavy atom. The average molecular weight is 319 g/mol. The average Bonchev–Trinajstić information content (AvgIpc) is 2.74. The molecule has 4 nitrogen and oxygen atoms in total. The molecular formula is C14H23ClN2O2S. The zero-order valence-electron chi connectivity index (χ0n) is 12.2. The highest BCUT2D eigenvalue weighted by molar-refractivity contribution is 7.89. The van der Waals surface area contributed by atoms with Gasteiger partial charge in [0.1, 0.15) is 4.90 Å². The maximum Gasteiger partial charge on any atom is 0.244 e. The first kappa shape index (κ1) is 15.9. The van der Waals surface area contributed by atoms with Gasteiger partial charge in [-0.1, -0.05) is 6.92 Å². The zero-order valence-corrected chi connectivity index (χ0v) is 13.8. The standard InChI is InChI=1S/C14H23ClN2O2S/c1-3-16-11-14(9-13(16)10-15)20(18,19)17-7-4-5-12(2)6-8-17/h9,11-12H,3-8,10H2,1-2H3. The van der Waals surface area contributed by atoms with Crippen molar-refractivity contribution in [3.63, 3.8) is 0 Å². The second-order valence-corrected chi connectivity index (χ2v) is 7.73. The van der Waals surface area contributed by atoms with E-state index in [0.717, 1.165) is 31.5 Å². The summed E-state index contributed by atoms with van der Waals surface area (Å²) < 4.78 is 29.0. The molecule has 1 aromatic heterocycles. The van der Waals surface area contributed by atoms with Gasteiger partial charge >= 0.3 is 0 Å². The van der Waals surface area contributed by atoms with Gasteiger partial charge in [0.05, 0.1) is 5.88 Å². The lowest BCUT2D eigenvalue weighted by Gasteiger charge is -2.19. The van der Waals surface area contributed by atoms with Crippen LogP contribution in [0.15, 0.2) is 17.2 Å². The Balaban J connectivity index is 2.27. The Morgan fingerprint density at radius 3 is 2.70 bits per heavy atom. The molecule has 2 rings (SSSR count). The van der Waals surface area contributed by atoms with Gasteiger partial charge in [0.15, 0.2) is 0 Å². The van der Waals surface area contributed by atoms with Crippen LogP contribution in [0.2, 0.25) is 0 Å². The van der Waals surface area contributed by atoms with Crippen LogP contribution in [-0.2, 0) is 22.4 Å². The lowest BCUT2D eigenvalue weighted by atomic mass is 10.0. The van der Waals surface area contributed by atoms with Gasteiger partial charge in [0.25, 0.3) is 0 Å². The van der Waals surface area contributed by atoms with Gasteiger partial charge < -0.3 is 4.57 Å². The number of aromatic nitrogens is 1. The SMILES string of the molecule is CCn1cc(S(=O)(=O)N2CCCC(C)CC2)cc1CCl. The number of rotatable bonds is 4. The van der Waals surface area contributed by atoms with Crippen LogP contribution in [0.1, 0.15) is 38.8 Å². The summed E-state index contributed by atoms with van der Waals surface area (Å²) in [5.74, 6) is 0.939. The summed E-state index contributed by atoms with van der Waals surface area (Å²) in [6, 6.07) is 1.71. The highest BCUT2D eigenvalue weighted by Gasteiger charge is 2.28. The van der Waals surface area contributed by atoms with Crippen molar-refractivity contribution in [1.29, 1.82) is 0 Å². The third-order valence-electron chi connectivity index (χ3n) is 4.05.